The van der Waals surface area contributed by atoms with Gasteiger partial charge in [0, 0.05) is 18.0 Å². The highest BCUT2D eigenvalue weighted by atomic mass is 127. The Kier molecular flexibility index (Phi) is 4.19. The monoisotopic (exact) mass is 406 g/mol. The van der Waals surface area contributed by atoms with Gasteiger partial charge >= 0.3 is 0 Å². The summed E-state index contributed by atoms with van der Waals surface area (Å²) in [5.74, 6) is -0.366. The summed E-state index contributed by atoms with van der Waals surface area (Å²) >= 11 is 1.86. The van der Waals surface area contributed by atoms with Gasteiger partial charge in [0.2, 0.25) is 0 Å². The molecule has 0 unspecified atom stereocenters. The molecule has 0 aromatic heterocycles. The number of nitrogens with one attached hydrogen (secondary N) is 1. The van der Waals surface area contributed by atoms with E-state index in [-0.39, 0.29) is 10.7 Å². The van der Waals surface area contributed by atoms with E-state index in [1.165, 1.54) is 24.3 Å². The minimum atomic E-state index is -3.23. The van der Waals surface area contributed by atoms with Crippen LogP contribution in [0.1, 0.15) is 0 Å². The van der Waals surface area contributed by atoms with Crippen molar-refractivity contribution >= 4 is 49.5 Å². The molecule has 2 rings (SSSR count). The number of sulfone groups is 1. The molecule has 0 heterocycles. The van der Waals surface area contributed by atoms with Crippen LogP contribution in [0.25, 0.3) is 0 Å². The molecule has 2 aromatic carbocycles. The van der Waals surface area contributed by atoms with E-state index >= 15 is 0 Å². The normalized spacial score (nSPS) is 11.3. The summed E-state index contributed by atoms with van der Waals surface area (Å²) in [5, 5.41) is 2.96. The van der Waals surface area contributed by atoms with Crippen LogP contribution in [0.4, 0.5) is 21.5 Å². The summed E-state index contributed by atoms with van der Waals surface area (Å²) in [4.78, 5) is 0.227. The quantitative estimate of drug-likeness (QED) is 0.607. The smallest absolute Gasteiger partial charge is 0.175 e. The third kappa shape index (κ3) is 3.40. The van der Waals surface area contributed by atoms with Crippen LogP contribution in [0, 0.1) is 9.39 Å². The lowest BCUT2D eigenvalue weighted by molar-refractivity contribution is 0.602. The van der Waals surface area contributed by atoms with Gasteiger partial charge in [-0.15, -0.1) is 0 Å². The third-order valence-corrected chi connectivity index (χ3v) is 4.61. The van der Waals surface area contributed by atoms with Gasteiger partial charge in [-0.3, -0.25) is 0 Å². The predicted molar refractivity (Wildman–Crippen MR) is 86.4 cm³/mol. The number of nitrogens with two attached hydrogens (primary N) is 1. The number of hydrogen-bond acceptors (Lipinski definition) is 4. The summed E-state index contributed by atoms with van der Waals surface area (Å²) in [7, 11) is -3.23. The maximum absolute atomic E-state index is 13.5. The van der Waals surface area contributed by atoms with E-state index < -0.39 is 9.84 Å². The fourth-order valence-electron chi connectivity index (χ4n) is 1.61. The van der Waals surface area contributed by atoms with E-state index in [0.29, 0.717) is 20.6 Å². The van der Waals surface area contributed by atoms with E-state index in [1.807, 2.05) is 22.6 Å². The Balaban J connectivity index is 2.29. The third-order valence-electron chi connectivity index (χ3n) is 2.65. The Hall–Kier alpha value is -1.35. The van der Waals surface area contributed by atoms with E-state index in [2.05, 4.69) is 5.32 Å². The minimum Gasteiger partial charge on any atom is -0.397 e. The topological polar surface area (TPSA) is 72.2 Å². The molecule has 4 nitrogen and oxygen atoms in total. The Morgan fingerprint density at radius 2 is 1.80 bits per heavy atom. The number of rotatable bonds is 3. The van der Waals surface area contributed by atoms with Crippen molar-refractivity contribution in [2.45, 2.75) is 4.90 Å². The molecule has 106 valence electrons. The van der Waals surface area contributed by atoms with Crippen LogP contribution in [0.15, 0.2) is 41.3 Å². The lowest BCUT2D eigenvalue weighted by Crippen LogP contribution is -2.00. The Bertz CT molecular complexity index is 746. The molecule has 2 aromatic rings. The fraction of sp³-hybridized carbons (Fsp3) is 0.0769. The van der Waals surface area contributed by atoms with Crippen LogP contribution >= 0.6 is 22.6 Å². The number of nitrogen functional groups attached to an aromatic ring is 1. The van der Waals surface area contributed by atoms with Crippen molar-refractivity contribution in [1.82, 2.24) is 0 Å². The summed E-state index contributed by atoms with van der Waals surface area (Å²) in [6.07, 6.45) is 1.14. The second-order valence-corrected chi connectivity index (χ2v) is 7.45. The fourth-order valence-corrected chi connectivity index (χ4v) is 2.73. The van der Waals surface area contributed by atoms with Crippen molar-refractivity contribution in [3.63, 3.8) is 0 Å². The molecule has 0 radical (unpaired) electrons. The average Bonchev–Trinajstić information content (AvgIpc) is 2.35. The van der Waals surface area contributed by atoms with E-state index in [4.69, 9.17) is 5.73 Å². The van der Waals surface area contributed by atoms with Gasteiger partial charge in [-0.1, -0.05) is 0 Å². The average molecular weight is 406 g/mol. The first-order valence-electron chi connectivity index (χ1n) is 5.59. The van der Waals surface area contributed by atoms with Crippen molar-refractivity contribution < 1.29 is 12.8 Å². The largest absolute Gasteiger partial charge is 0.397 e. The molecule has 0 fully saturated rings. The van der Waals surface area contributed by atoms with Crippen molar-refractivity contribution in [2.75, 3.05) is 17.3 Å². The maximum atomic E-state index is 13.5. The lowest BCUT2D eigenvalue weighted by Gasteiger charge is -2.10. The van der Waals surface area contributed by atoms with Gasteiger partial charge in [-0.2, -0.15) is 0 Å². The highest BCUT2D eigenvalue weighted by Gasteiger charge is 2.08. The number of halogens is 2. The highest BCUT2D eigenvalue weighted by molar-refractivity contribution is 14.1. The molecule has 0 saturated carbocycles. The van der Waals surface area contributed by atoms with Crippen molar-refractivity contribution in [2.24, 2.45) is 0 Å². The van der Waals surface area contributed by atoms with Crippen LogP contribution in [0.2, 0.25) is 0 Å². The van der Waals surface area contributed by atoms with Gasteiger partial charge in [0.25, 0.3) is 0 Å². The Morgan fingerprint density at radius 3 is 2.35 bits per heavy atom. The first-order valence-corrected chi connectivity index (χ1v) is 8.56. The number of benzene rings is 2. The highest BCUT2D eigenvalue weighted by Crippen LogP contribution is 2.27. The zero-order valence-electron chi connectivity index (χ0n) is 10.5. The van der Waals surface area contributed by atoms with E-state index in [0.717, 1.165) is 6.26 Å². The minimum absolute atomic E-state index is 0.227. The molecule has 0 aliphatic heterocycles. The standard InChI is InChI=1S/C13H12FIN2O2S/c1-20(18,19)9-4-2-8(3-5-9)17-13-6-10(14)11(15)7-12(13)16/h2-7,17H,16H2,1H3. The molecule has 0 aliphatic rings. The van der Waals surface area contributed by atoms with Crippen LogP contribution in [0.3, 0.4) is 0 Å². The SMILES string of the molecule is CS(=O)(=O)c1ccc(Nc2cc(F)c(I)cc2N)cc1. The van der Waals surface area contributed by atoms with Gasteiger partial charge in [0.05, 0.1) is 19.8 Å². The molecule has 0 bridgehead atoms. The molecule has 7 heteroatoms. The van der Waals surface area contributed by atoms with E-state index in [9.17, 15) is 12.8 Å². The van der Waals surface area contributed by atoms with Crippen LogP contribution in [-0.4, -0.2) is 14.7 Å². The van der Waals surface area contributed by atoms with Gasteiger partial charge < -0.3 is 11.1 Å². The van der Waals surface area contributed by atoms with Gasteiger partial charge in [0.15, 0.2) is 9.84 Å². The van der Waals surface area contributed by atoms with E-state index in [1.54, 1.807) is 12.1 Å². The maximum Gasteiger partial charge on any atom is 0.175 e. The number of anilines is 3. The van der Waals surface area contributed by atoms with Crippen LogP contribution < -0.4 is 11.1 Å². The van der Waals surface area contributed by atoms with Gasteiger partial charge in [-0.05, 0) is 52.9 Å². The van der Waals surface area contributed by atoms with Crippen molar-refractivity contribution in [3.8, 4) is 0 Å². The summed E-state index contributed by atoms with van der Waals surface area (Å²) < 4.78 is 36.6. The number of hydrogen-bond donors (Lipinski definition) is 2. The molecule has 0 amide bonds. The lowest BCUT2D eigenvalue weighted by atomic mass is 10.2. The van der Waals surface area contributed by atoms with Crippen molar-refractivity contribution in [3.05, 3.63) is 45.8 Å². The molecule has 0 saturated heterocycles. The first-order chi connectivity index (χ1) is 9.27. The molecule has 0 aliphatic carbocycles. The van der Waals surface area contributed by atoms with Crippen molar-refractivity contribution in [1.29, 1.82) is 0 Å². The summed E-state index contributed by atoms with van der Waals surface area (Å²) in [6, 6.07) is 9.01. The molecular weight excluding hydrogens is 394 g/mol. The predicted octanol–water partition coefficient (Wildman–Crippen LogP) is 3.16. The zero-order valence-corrected chi connectivity index (χ0v) is 13.5. The second-order valence-electron chi connectivity index (χ2n) is 4.28. The molecule has 20 heavy (non-hydrogen) atoms. The van der Waals surface area contributed by atoms with Crippen LogP contribution in [-0.2, 0) is 9.84 Å². The van der Waals surface area contributed by atoms with Gasteiger partial charge in [0.1, 0.15) is 5.82 Å². The van der Waals surface area contributed by atoms with Crippen LogP contribution in [0.5, 0.6) is 0 Å². The zero-order chi connectivity index (χ0) is 14.9. The molecule has 0 spiro atoms. The van der Waals surface area contributed by atoms with Gasteiger partial charge in [-0.25, -0.2) is 12.8 Å². The summed E-state index contributed by atoms with van der Waals surface area (Å²) in [6.45, 7) is 0. The molecule has 3 N–H and O–H groups in total. The molecule has 0 atom stereocenters. The first kappa shape index (κ1) is 15.0. The Labute approximate surface area is 130 Å². The summed E-state index contributed by atoms with van der Waals surface area (Å²) in [5.41, 5.74) is 7.30. The Morgan fingerprint density at radius 1 is 1.20 bits per heavy atom. The second kappa shape index (κ2) is 5.57. The molecular formula is C13H12FIN2O2S.